The van der Waals surface area contributed by atoms with E-state index in [4.69, 9.17) is 28.4 Å². The molecule has 11 nitrogen and oxygen atoms in total. The van der Waals surface area contributed by atoms with Crippen LogP contribution in [0.1, 0.15) is 36.7 Å². The van der Waals surface area contributed by atoms with Crippen LogP contribution in [0.4, 0.5) is 10.1 Å². The van der Waals surface area contributed by atoms with Crippen LogP contribution in [0.2, 0.25) is 0 Å². The Morgan fingerprint density at radius 3 is 2.44 bits per heavy atom. The molecule has 0 bridgehead atoms. The summed E-state index contributed by atoms with van der Waals surface area (Å²) in [5, 5.41) is 0. The number of halogens is 1. The average molecular weight is 575 g/mol. The molecule has 0 radical (unpaired) electrons. The largest absolute Gasteiger partial charge is 0.487 e. The van der Waals surface area contributed by atoms with Crippen molar-refractivity contribution in [1.82, 2.24) is 4.90 Å². The minimum Gasteiger partial charge on any atom is -0.487 e. The normalized spacial score (nSPS) is 18.3. The van der Waals surface area contributed by atoms with Gasteiger partial charge in [0.05, 0.1) is 26.4 Å². The van der Waals surface area contributed by atoms with Gasteiger partial charge in [0.15, 0.2) is 6.61 Å². The van der Waals surface area contributed by atoms with Gasteiger partial charge >= 0.3 is 11.9 Å². The van der Waals surface area contributed by atoms with E-state index >= 15 is 0 Å². The monoisotopic (exact) mass is 574 g/mol. The number of anilines is 1. The Balaban J connectivity index is 1.74. The van der Waals surface area contributed by atoms with Crippen molar-refractivity contribution in [2.75, 3.05) is 64.2 Å². The zero-order valence-electron chi connectivity index (χ0n) is 23.7. The first-order chi connectivity index (χ1) is 19.7. The molecule has 2 aromatic carbocycles. The van der Waals surface area contributed by atoms with E-state index in [0.717, 1.165) is 0 Å². The van der Waals surface area contributed by atoms with Crippen molar-refractivity contribution in [2.45, 2.75) is 33.4 Å². The smallest absolute Gasteiger partial charge is 0.344 e. The van der Waals surface area contributed by atoms with E-state index in [1.807, 2.05) is 4.90 Å². The van der Waals surface area contributed by atoms with Gasteiger partial charge in [0.1, 0.15) is 41.8 Å². The maximum Gasteiger partial charge on any atom is 0.344 e. The van der Waals surface area contributed by atoms with Crippen LogP contribution in [0.25, 0.3) is 0 Å². The van der Waals surface area contributed by atoms with Crippen molar-refractivity contribution >= 4 is 23.5 Å². The predicted molar refractivity (Wildman–Crippen MR) is 145 cm³/mol. The highest BCUT2D eigenvalue weighted by Crippen LogP contribution is 2.42. The number of nitrogens with zero attached hydrogens (tertiary/aromatic N) is 2. The second kappa shape index (κ2) is 13.1. The highest BCUT2D eigenvalue weighted by molar-refractivity contribution is 6.03. The third-order valence-electron chi connectivity index (χ3n) is 6.74. The minimum atomic E-state index is -1.50. The average Bonchev–Trinajstić information content (AvgIpc) is 2.95. The third kappa shape index (κ3) is 6.82. The molecule has 0 aliphatic carbocycles. The maximum absolute atomic E-state index is 14.2. The van der Waals surface area contributed by atoms with E-state index in [-0.39, 0.29) is 42.6 Å². The first-order valence-electron chi connectivity index (χ1n) is 13.5. The second-order valence-electron chi connectivity index (χ2n) is 9.64. The molecule has 222 valence electrons. The Kier molecular flexibility index (Phi) is 9.53. The lowest BCUT2D eigenvalue weighted by molar-refractivity contribution is -0.151. The van der Waals surface area contributed by atoms with Crippen LogP contribution in [0, 0.1) is 12.7 Å². The zero-order valence-corrected chi connectivity index (χ0v) is 23.7. The fraction of sp³-hybridized carbons (Fsp3) is 0.483. The molecule has 4 rings (SSSR count). The number of hydrogen-bond acceptors (Lipinski definition) is 10. The van der Waals surface area contributed by atoms with Gasteiger partial charge in [0.2, 0.25) is 5.72 Å². The molecule has 2 aliphatic heterocycles. The lowest BCUT2D eigenvalue weighted by Gasteiger charge is -2.44. The molecule has 0 spiro atoms. The van der Waals surface area contributed by atoms with Gasteiger partial charge in [-0.3, -0.25) is 14.5 Å². The zero-order chi connectivity index (χ0) is 29.6. The van der Waals surface area contributed by atoms with E-state index in [1.165, 1.54) is 17.0 Å². The molecule has 0 saturated carbocycles. The fourth-order valence-electron chi connectivity index (χ4n) is 4.60. The number of carbonyl (C=O) groups is 3. The summed E-state index contributed by atoms with van der Waals surface area (Å²) in [6, 6.07) is 7.80. The van der Waals surface area contributed by atoms with Crippen LogP contribution in [0.15, 0.2) is 30.3 Å². The van der Waals surface area contributed by atoms with Crippen LogP contribution >= 0.6 is 0 Å². The molecule has 1 unspecified atom stereocenters. The molecule has 1 saturated heterocycles. The fourth-order valence-corrected chi connectivity index (χ4v) is 4.60. The first kappa shape index (κ1) is 29.9. The molecule has 2 aliphatic rings. The van der Waals surface area contributed by atoms with Gasteiger partial charge in [-0.25, -0.2) is 9.18 Å². The van der Waals surface area contributed by atoms with Crippen LogP contribution in [-0.2, 0) is 23.8 Å². The second-order valence-corrected chi connectivity index (χ2v) is 9.64. The van der Waals surface area contributed by atoms with Crippen molar-refractivity contribution in [1.29, 1.82) is 0 Å². The van der Waals surface area contributed by atoms with Crippen LogP contribution in [0.5, 0.6) is 17.2 Å². The van der Waals surface area contributed by atoms with E-state index in [2.05, 4.69) is 0 Å². The summed E-state index contributed by atoms with van der Waals surface area (Å²) >= 11 is 0. The van der Waals surface area contributed by atoms with Gasteiger partial charge in [-0.2, -0.15) is 0 Å². The Hall–Kier alpha value is -4.06. The Morgan fingerprint density at radius 1 is 1.02 bits per heavy atom. The van der Waals surface area contributed by atoms with Crippen molar-refractivity contribution in [3.8, 4) is 17.2 Å². The molecule has 1 amide bonds. The maximum atomic E-state index is 14.2. The number of carbonyl (C=O) groups excluding carboxylic acids is 3. The highest BCUT2D eigenvalue weighted by Gasteiger charge is 2.47. The summed E-state index contributed by atoms with van der Waals surface area (Å²) in [6.07, 6.45) is 0. The standard InChI is InChI=1S/C29H35FN2O9/c1-5-37-25(33)16-32-28(35)27-23(39-17-26(34)38-6-2)14-20(31-10-12-36-13-11-31)15-24(27)41-29(32,4)18-40-22-9-7-8-21(30)19(22)3/h7-9,14-15H,5-6,10-13,16-18H2,1-4H3. The van der Waals surface area contributed by atoms with Crippen LogP contribution in [0.3, 0.4) is 0 Å². The van der Waals surface area contributed by atoms with Crippen molar-refractivity contribution in [3.63, 3.8) is 0 Å². The van der Waals surface area contributed by atoms with Gasteiger partial charge in [0.25, 0.3) is 5.91 Å². The van der Waals surface area contributed by atoms with Crippen molar-refractivity contribution < 1.29 is 47.2 Å². The Bertz CT molecular complexity index is 1280. The van der Waals surface area contributed by atoms with Crippen LogP contribution < -0.4 is 19.1 Å². The van der Waals surface area contributed by atoms with Gasteiger partial charge < -0.3 is 33.3 Å². The number of ether oxygens (including phenoxy) is 6. The molecule has 1 fully saturated rings. The molecule has 0 N–H and O–H groups in total. The van der Waals surface area contributed by atoms with E-state index in [0.29, 0.717) is 37.6 Å². The molecule has 1 atom stereocenters. The number of morpholine rings is 1. The number of benzene rings is 2. The van der Waals surface area contributed by atoms with Gasteiger partial charge in [-0.05, 0) is 39.8 Å². The minimum absolute atomic E-state index is 0.0371. The number of fused-ring (bicyclic) bond motifs is 1. The number of esters is 2. The van der Waals surface area contributed by atoms with Crippen molar-refractivity contribution in [2.24, 2.45) is 0 Å². The summed E-state index contributed by atoms with van der Waals surface area (Å²) in [6.45, 7) is 7.91. The topological polar surface area (TPSA) is 113 Å². The molecule has 0 aromatic heterocycles. The molecular weight excluding hydrogens is 539 g/mol. The number of hydrogen-bond donors (Lipinski definition) is 0. The Labute approximate surface area is 238 Å². The summed E-state index contributed by atoms with van der Waals surface area (Å²) in [4.78, 5) is 42.0. The highest BCUT2D eigenvalue weighted by atomic mass is 19.1. The summed E-state index contributed by atoms with van der Waals surface area (Å²) < 4.78 is 47.9. The summed E-state index contributed by atoms with van der Waals surface area (Å²) in [5.74, 6) is -1.74. The predicted octanol–water partition coefficient (Wildman–Crippen LogP) is 3.11. The van der Waals surface area contributed by atoms with Gasteiger partial charge in [-0.1, -0.05) is 6.07 Å². The van der Waals surface area contributed by atoms with E-state index < -0.39 is 42.5 Å². The quantitative estimate of drug-likeness (QED) is 0.371. The lowest BCUT2D eigenvalue weighted by Crippen LogP contribution is -2.61. The van der Waals surface area contributed by atoms with E-state index in [1.54, 1.807) is 45.9 Å². The summed E-state index contributed by atoms with van der Waals surface area (Å²) in [5.41, 5.74) is -0.478. The number of amides is 1. The third-order valence-corrected chi connectivity index (χ3v) is 6.74. The van der Waals surface area contributed by atoms with Gasteiger partial charge in [-0.15, -0.1) is 0 Å². The molecular formula is C29H35FN2O9. The van der Waals surface area contributed by atoms with Gasteiger partial charge in [0, 0.05) is 36.5 Å². The SMILES string of the molecule is CCOC(=O)COc1cc(N2CCOCC2)cc2c1C(=O)N(CC(=O)OCC)C(C)(COc1cccc(F)c1C)O2. The van der Waals surface area contributed by atoms with Crippen LogP contribution in [-0.4, -0.2) is 87.7 Å². The molecule has 2 aromatic rings. The summed E-state index contributed by atoms with van der Waals surface area (Å²) in [7, 11) is 0. The first-order valence-corrected chi connectivity index (χ1v) is 13.5. The number of rotatable bonds is 11. The van der Waals surface area contributed by atoms with Crippen molar-refractivity contribution in [3.05, 3.63) is 47.3 Å². The molecule has 12 heteroatoms. The molecule has 2 heterocycles. The Morgan fingerprint density at radius 2 is 1.73 bits per heavy atom. The van der Waals surface area contributed by atoms with E-state index in [9.17, 15) is 18.8 Å². The lowest BCUT2D eigenvalue weighted by atomic mass is 10.0. The molecule has 41 heavy (non-hydrogen) atoms.